The van der Waals surface area contributed by atoms with E-state index in [4.69, 9.17) is 0 Å². The average molecular weight is 415 g/mol. The number of rotatable bonds is 5. The van der Waals surface area contributed by atoms with E-state index in [1.54, 1.807) is 0 Å². The molecule has 0 saturated heterocycles. The first-order valence-electron chi connectivity index (χ1n) is 11.8. The minimum Gasteiger partial charge on any atom is -0.350 e. The molecule has 2 aromatic carbocycles. The van der Waals surface area contributed by atoms with Crippen LogP contribution in [0.2, 0.25) is 0 Å². The maximum Gasteiger partial charge on any atom is 0.251 e. The van der Waals surface area contributed by atoms with Gasteiger partial charge < -0.3 is 10.6 Å². The van der Waals surface area contributed by atoms with Gasteiger partial charge in [-0.15, -0.1) is 0 Å². The Morgan fingerprint density at radius 2 is 1.55 bits per heavy atom. The van der Waals surface area contributed by atoms with E-state index < -0.39 is 0 Å². The highest BCUT2D eigenvalue weighted by Gasteiger charge is 2.36. The van der Waals surface area contributed by atoms with Crippen LogP contribution in [0.15, 0.2) is 42.5 Å². The van der Waals surface area contributed by atoms with Crippen LogP contribution >= 0.6 is 0 Å². The fraction of sp³-hybridized carbons (Fsp3) is 0.464. The fourth-order valence-corrected chi connectivity index (χ4v) is 4.46. The van der Waals surface area contributed by atoms with Crippen molar-refractivity contribution in [3.8, 4) is 11.8 Å². The second-order valence-electron chi connectivity index (χ2n) is 9.42. The average Bonchev–Trinajstić information content (AvgIpc) is 3.61. The Morgan fingerprint density at radius 3 is 2.19 bits per heavy atom. The van der Waals surface area contributed by atoms with Gasteiger partial charge in [0.1, 0.15) is 0 Å². The largest absolute Gasteiger partial charge is 0.350 e. The van der Waals surface area contributed by atoms with Gasteiger partial charge >= 0.3 is 0 Å². The lowest BCUT2D eigenvalue weighted by atomic mass is 9.89. The number of carbonyl (C=O) groups excluding carboxylic acids is 1. The van der Waals surface area contributed by atoms with Crippen molar-refractivity contribution < 1.29 is 4.79 Å². The molecule has 2 saturated carbocycles. The third kappa shape index (κ3) is 5.99. The molecule has 162 valence electrons. The Hall–Kier alpha value is -2.57. The molecule has 3 heteroatoms. The van der Waals surface area contributed by atoms with Gasteiger partial charge in [-0.05, 0) is 87.1 Å². The number of carbonyl (C=O) groups is 1. The molecule has 3 nitrogen and oxygen atoms in total. The fourth-order valence-electron chi connectivity index (χ4n) is 4.46. The van der Waals surface area contributed by atoms with Gasteiger partial charge in [-0.25, -0.2) is 0 Å². The summed E-state index contributed by atoms with van der Waals surface area (Å²) in [4.78, 5) is 12.8. The van der Waals surface area contributed by atoms with E-state index in [0.717, 1.165) is 30.5 Å². The maximum absolute atomic E-state index is 12.8. The Balaban J connectivity index is 1.37. The summed E-state index contributed by atoms with van der Waals surface area (Å²) in [6.07, 6.45) is 10.0. The monoisotopic (exact) mass is 414 g/mol. The zero-order valence-corrected chi connectivity index (χ0v) is 18.9. The summed E-state index contributed by atoms with van der Waals surface area (Å²) >= 11 is 0. The molecule has 1 amide bonds. The topological polar surface area (TPSA) is 41.1 Å². The summed E-state index contributed by atoms with van der Waals surface area (Å²) in [6, 6.07) is 14.6. The van der Waals surface area contributed by atoms with Gasteiger partial charge in [0, 0.05) is 34.8 Å². The molecule has 2 aliphatic carbocycles. The number of benzene rings is 2. The van der Waals surface area contributed by atoms with Crippen LogP contribution in [0.25, 0.3) is 0 Å². The highest BCUT2D eigenvalue weighted by molar-refractivity contribution is 5.94. The van der Waals surface area contributed by atoms with E-state index in [9.17, 15) is 4.79 Å². The molecule has 0 aliphatic heterocycles. The van der Waals surface area contributed by atoms with Gasteiger partial charge in [-0.2, -0.15) is 0 Å². The van der Waals surface area contributed by atoms with Gasteiger partial charge in [-0.1, -0.05) is 43.6 Å². The van der Waals surface area contributed by atoms with Crippen molar-refractivity contribution in [2.75, 3.05) is 6.54 Å². The second kappa shape index (κ2) is 9.71. The molecule has 0 radical (unpaired) electrons. The van der Waals surface area contributed by atoms with Crippen molar-refractivity contribution in [3.63, 3.8) is 0 Å². The van der Waals surface area contributed by atoms with E-state index >= 15 is 0 Å². The normalized spacial score (nSPS) is 17.9. The van der Waals surface area contributed by atoms with Gasteiger partial charge in [0.05, 0.1) is 0 Å². The van der Waals surface area contributed by atoms with Gasteiger partial charge in [0.15, 0.2) is 0 Å². The molecule has 2 aromatic rings. The highest BCUT2D eigenvalue weighted by atomic mass is 16.1. The van der Waals surface area contributed by atoms with Crippen LogP contribution in [-0.4, -0.2) is 24.0 Å². The quantitative estimate of drug-likeness (QED) is 0.516. The van der Waals surface area contributed by atoms with Crippen molar-refractivity contribution in [1.29, 1.82) is 0 Å². The van der Waals surface area contributed by atoms with Gasteiger partial charge in [-0.3, -0.25) is 4.79 Å². The number of aryl methyl sites for hydroxylation is 2. The van der Waals surface area contributed by atoms with Crippen molar-refractivity contribution in [1.82, 2.24) is 10.6 Å². The smallest absolute Gasteiger partial charge is 0.251 e. The molecule has 0 bridgehead atoms. The number of amides is 1. The minimum absolute atomic E-state index is 0.00916. The SMILES string of the molecule is Cc1ccc(C#Cc2ccc(C(=O)NCC3(NC4CC4)CCCCCC3)cc2)cc1C. The minimum atomic E-state index is 0.00916. The van der Waals surface area contributed by atoms with Crippen LogP contribution in [0.5, 0.6) is 0 Å². The Labute approximate surface area is 187 Å². The molecule has 0 atom stereocenters. The zero-order chi connectivity index (χ0) is 21.7. The van der Waals surface area contributed by atoms with Crippen LogP contribution in [0.3, 0.4) is 0 Å². The number of hydrogen-bond acceptors (Lipinski definition) is 2. The maximum atomic E-state index is 12.8. The van der Waals surface area contributed by atoms with E-state index in [1.165, 1.54) is 49.7 Å². The predicted molar refractivity (Wildman–Crippen MR) is 127 cm³/mol. The van der Waals surface area contributed by atoms with Crippen LogP contribution < -0.4 is 10.6 Å². The van der Waals surface area contributed by atoms with E-state index in [1.807, 2.05) is 24.3 Å². The zero-order valence-electron chi connectivity index (χ0n) is 18.9. The second-order valence-corrected chi connectivity index (χ2v) is 9.42. The third-order valence-corrected chi connectivity index (χ3v) is 6.74. The number of nitrogens with one attached hydrogen (secondary N) is 2. The molecule has 0 spiro atoms. The lowest BCUT2D eigenvalue weighted by Gasteiger charge is -2.34. The molecular formula is C28H34N2O. The summed E-state index contributed by atoms with van der Waals surface area (Å²) in [5, 5.41) is 7.09. The van der Waals surface area contributed by atoms with Crippen molar-refractivity contribution >= 4 is 5.91 Å². The molecule has 4 rings (SSSR count). The standard InChI is InChI=1S/C28H34N2O/c1-21-7-8-24(19-22(21)2)10-9-23-11-13-25(14-12-23)27(31)29-20-28(30-26-15-16-26)17-5-3-4-6-18-28/h7-8,11-14,19,26,30H,3-6,15-18,20H2,1-2H3,(H,29,31). The molecule has 0 unspecified atom stereocenters. The van der Waals surface area contributed by atoms with Gasteiger partial charge in [0.2, 0.25) is 0 Å². The molecule has 31 heavy (non-hydrogen) atoms. The molecule has 0 aromatic heterocycles. The van der Waals surface area contributed by atoms with Crippen LogP contribution in [0, 0.1) is 25.7 Å². The first-order chi connectivity index (χ1) is 15.0. The number of hydrogen-bond donors (Lipinski definition) is 2. The van der Waals surface area contributed by atoms with Crippen molar-refractivity contribution in [3.05, 3.63) is 70.3 Å². The first-order valence-corrected chi connectivity index (χ1v) is 11.8. The van der Waals surface area contributed by atoms with Crippen molar-refractivity contribution in [2.45, 2.75) is 76.8 Å². The molecule has 0 heterocycles. The Kier molecular flexibility index (Phi) is 6.78. The molecule has 2 N–H and O–H groups in total. The third-order valence-electron chi connectivity index (χ3n) is 6.74. The highest BCUT2D eigenvalue weighted by Crippen LogP contribution is 2.31. The van der Waals surface area contributed by atoms with E-state index in [0.29, 0.717) is 11.6 Å². The summed E-state index contributed by atoms with van der Waals surface area (Å²) < 4.78 is 0. The predicted octanol–water partition coefficient (Wildman–Crippen LogP) is 5.28. The van der Waals surface area contributed by atoms with Crippen LogP contribution in [-0.2, 0) is 0 Å². The van der Waals surface area contributed by atoms with Crippen molar-refractivity contribution in [2.24, 2.45) is 0 Å². The summed E-state index contributed by atoms with van der Waals surface area (Å²) in [7, 11) is 0. The molecular weight excluding hydrogens is 380 g/mol. The van der Waals surface area contributed by atoms with E-state index in [2.05, 4.69) is 54.5 Å². The summed E-state index contributed by atoms with van der Waals surface area (Å²) in [5.74, 6) is 6.44. The molecule has 2 fully saturated rings. The summed E-state index contributed by atoms with van der Waals surface area (Å²) in [6.45, 7) is 4.93. The Bertz CT molecular complexity index is 968. The van der Waals surface area contributed by atoms with E-state index in [-0.39, 0.29) is 11.4 Å². The Morgan fingerprint density at radius 1 is 0.903 bits per heavy atom. The lowest BCUT2D eigenvalue weighted by molar-refractivity contribution is 0.0934. The van der Waals surface area contributed by atoms with Crippen LogP contribution in [0.4, 0.5) is 0 Å². The van der Waals surface area contributed by atoms with Gasteiger partial charge in [0.25, 0.3) is 5.91 Å². The van der Waals surface area contributed by atoms with Crippen LogP contribution in [0.1, 0.15) is 84.0 Å². The molecule has 2 aliphatic rings. The summed E-state index contributed by atoms with van der Waals surface area (Å²) in [5.41, 5.74) is 5.24. The lowest BCUT2D eigenvalue weighted by Crippen LogP contribution is -2.54. The first kappa shape index (κ1) is 21.7.